The van der Waals surface area contributed by atoms with Crippen LogP contribution in [0.15, 0.2) is 12.4 Å². The lowest BCUT2D eigenvalue weighted by molar-refractivity contribution is 0.0160. The maximum atomic E-state index is 12.8. The number of carbonyl (C=O) groups is 2. The highest BCUT2D eigenvalue weighted by molar-refractivity contribution is 5.94. The molecule has 0 bridgehead atoms. The van der Waals surface area contributed by atoms with Crippen molar-refractivity contribution in [1.29, 1.82) is 0 Å². The molecule has 4 rings (SSSR count). The normalized spacial score (nSPS) is 18.0. The Morgan fingerprint density at radius 3 is 2.87 bits per heavy atom. The van der Waals surface area contributed by atoms with Crippen LogP contribution in [0.25, 0.3) is 0 Å². The zero-order valence-electron chi connectivity index (χ0n) is 17.6. The first-order chi connectivity index (χ1) is 14.5. The van der Waals surface area contributed by atoms with Gasteiger partial charge in [-0.25, -0.2) is 4.79 Å². The number of aromatic nitrogens is 4. The summed E-state index contributed by atoms with van der Waals surface area (Å²) in [5.41, 5.74) is 3.14. The van der Waals surface area contributed by atoms with E-state index >= 15 is 0 Å². The molecule has 1 saturated heterocycles. The maximum absolute atomic E-state index is 12.8. The Labute approximate surface area is 175 Å². The fraction of sp³-hybridized carbons (Fsp3) is 0.619. The van der Waals surface area contributed by atoms with E-state index in [1.54, 1.807) is 22.6 Å². The summed E-state index contributed by atoms with van der Waals surface area (Å²) in [5.74, 6) is -0.418. The molecule has 0 radical (unpaired) electrons. The summed E-state index contributed by atoms with van der Waals surface area (Å²) in [6.45, 7) is 5.07. The Balaban J connectivity index is 1.46. The summed E-state index contributed by atoms with van der Waals surface area (Å²) < 4.78 is 14.3. The molecule has 4 heterocycles. The van der Waals surface area contributed by atoms with Gasteiger partial charge in [-0.2, -0.15) is 10.2 Å². The van der Waals surface area contributed by atoms with E-state index in [9.17, 15) is 9.59 Å². The number of nitrogens with zero attached hydrogens (tertiary/aromatic N) is 4. The van der Waals surface area contributed by atoms with Crippen LogP contribution in [0, 0.1) is 5.41 Å². The zero-order valence-corrected chi connectivity index (χ0v) is 17.6. The lowest BCUT2D eigenvalue weighted by atomic mass is 9.75. The van der Waals surface area contributed by atoms with Gasteiger partial charge in [0.2, 0.25) is 0 Å². The first kappa shape index (κ1) is 20.6. The molecule has 1 N–H and O–H groups in total. The van der Waals surface area contributed by atoms with Gasteiger partial charge in [0.05, 0.1) is 24.1 Å². The molecule has 2 aromatic heterocycles. The van der Waals surface area contributed by atoms with Crippen molar-refractivity contribution in [1.82, 2.24) is 24.9 Å². The molecule has 2 aromatic rings. The molecule has 2 aliphatic heterocycles. The number of aryl methyl sites for hydroxylation is 3. The maximum Gasteiger partial charge on any atom is 0.341 e. The number of nitrogens with one attached hydrogen (secondary N) is 1. The summed E-state index contributed by atoms with van der Waals surface area (Å²) >= 11 is 0. The Hall–Kier alpha value is -2.68. The molecule has 9 nitrogen and oxygen atoms in total. The van der Waals surface area contributed by atoms with Crippen LogP contribution in [0.3, 0.4) is 0 Å². The van der Waals surface area contributed by atoms with E-state index in [4.69, 9.17) is 14.6 Å². The standard InChI is InChI=1S/C21H29N5O4/c1-3-26-18-16(11-21(14-22-19(18)27)6-9-29-10-7-21)17(24-26)5-4-8-30-20(28)15-12-23-25(2)13-15/h12-13H,3-11,14H2,1-2H3,(H,22,27). The number of hydrogen-bond acceptors (Lipinski definition) is 6. The van der Waals surface area contributed by atoms with Crippen LogP contribution in [0.2, 0.25) is 0 Å². The van der Waals surface area contributed by atoms with Crippen LogP contribution >= 0.6 is 0 Å². The summed E-state index contributed by atoms with van der Waals surface area (Å²) in [5, 5.41) is 11.8. The smallest absolute Gasteiger partial charge is 0.341 e. The Morgan fingerprint density at radius 2 is 2.17 bits per heavy atom. The fourth-order valence-corrected chi connectivity index (χ4v) is 4.38. The summed E-state index contributed by atoms with van der Waals surface area (Å²) in [6.07, 6.45) is 7.15. The average Bonchev–Trinajstić information content (AvgIpc) is 3.30. The van der Waals surface area contributed by atoms with Crippen molar-refractivity contribution in [3.05, 3.63) is 34.9 Å². The van der Waals surface area contributed by atoms with E-state index in [2.05, 4.69) is 10.4 Å². The monoisotopic (exact) mass is 415 g/mol. The van der Waals surface area contributed by atoms with Crippen LogP contribution in [0.1, 0.15) is 58.3 Å². The lowest BCUT2D eigenvalue weighted by Crippen LogP contribution is -2.40. The third kappa shape index (κ3) is 4.12. The van der Waals surface area contributed by atoms with Crippen molar-refractivity contribution in [3.63, 3.8) is 0 Å². The second kappa shape index (κ2) is 8.59. The second-order valence-electron chi connectivity index (χ2n) is 8.20. The fourth-order valence-electron chi connectivity index (χ4n) is 4.38. The van der Waals surface area contributed by atoms with Crippen molar-refractivity contribution in [2.24, 2.45) is 12.5 Å². The molecule has 0 atom stereocenters. The van der Waals surface area contributed by atoms with E-state index in [1.165, 1.54) is 6.20 Å². The Morgan fingerprint density at radius 1 is 1.37 bits per heavy atom. The number of amides is 1. The number of carbonyl (C=O) groups excluding carboxylic acids is 2. The van der Waals surface area contributed by atoms with Gasteiger partial charge in [-0.05, 0) is 44.4 Å². The van der Waals surface area contributed by atoms with Crippen molar-refractivity contribution in [2.45, 2.75) is 45.6 Å². The van der Waals surface area contributed by atoms with Gasteiger partial charge in [-0.3, -0.25) is 14.2 Å². The minimum atomic E-state index is -0.374. The van der Waals surface area contributed by atoms with E-state index in [1.807, 2.05) is 6.92 Å². The van der Waals surface area contributed by atoms with E-state index in [0.29, 0.717) is 43.8 Å². The molecule has 0 aliphatic carbocycles. The molecule has 162 valence electrons. The first-order valence-electron chi connectivity index (χ1n) is 10.6. The van der Waals surface area contributed by atoms with Crippen molar-refractivity contribution in [3.8, 4) is 0 Å². The summed E-state index contributed by atoms with van der Waals surface area (Å²) in [4.78, 5) is 24.9. The summed E-state index contributed by atoms with van der Waals surface area (Å²) in [6, 6.07) is 0. The van der Waals surface area contributed by atoms with Crippen LogP contribution in [0.4, 0.5) is 0 Å². The van der Waals surface area contributed by atoms with Gasteiger partial charge in [0.15, 0.2) is 0 Å². The highest BCUT2D eigenvalue weighted by Gasteiger charge is 2.39. The molecule has 9 heteroatoms. The molecule has 0 unspecified atom stereocenters. The number of fused-ring (bicyclic) bond motifs is 1. The topological polar surface area (TPSA) is 100 Å². The largest absolute Gasteiger partial charge is 0.462 e. The minimum Gasteiger partial charge on any atom is -0.462 e. The molecule has 1 spiro atoms. The van der Waals surface area contributed by atoms with Gasteiger partial charge < -0.3 is 14.8 Å². The molecular formula is C21H29N5O4. The van der Waals surface area contributed by atoms with Crippen molar-refractivity contribution in [2.75, 3.05) is 26.4 Å². The molecule has 0 saturated carbocycles. The zero-order chi connectivity index (χ0) is 21.1. The second-order valence-corrected chi connectivity index (χ2v) is 8.20. The Bertz CT molecular complexity index is 926. The van der Waals surface area contributed by atoms with Gasteiger partial charge in [-0.1, -0.05) is 0 Å². The number of rotatable bonds is 6. The predicted molar refractivity (Wildman–Crippen MR) is 108 cm³/mol. The quantitative estimate of drug-likeness (QED) is 0.567. The van der Waals surface area contributed by atoms with Gasteiger partial charge >= 0.3 is 5.97 Å². The predicted octanol–water partition coefficient (Wildman–Crippen LogP) is 1.51. The first-order valence-corrected chi connectivity index (χ1v) is 10.6. The SMILES string of the molecule is CCn1nc(CCCOC(=O)c2cnn(C)c2)c2c1C(=O)NCC1(CCOCC1)C2. The summed E-state index contributed by atoms with van der Waals surface area (Å²) in [7, 11) is 1.76. The van der Waals surface area contributed by atoms with Crippen LogP contribution in [-0.4, -0.2) is 57.8 Å². The molecule has 30 heavy (non-hydrogen) atoms. The van der Waals surface area contributed by atoms with Gasteiger partial charge in [0.25, 0.3) is 5.91 Å². The highest BCUT2D eigenvalue weighted by atomic mass is 16.5. The molecule has 1 amide bonds. The third-order valence-corrected chi connectivity index (χ3v) is 6.11. The van der Waals surface area contributed by atoms with E-state index in [0.717, 1.165) is 43.7 Å². The lowest BCUT2D eigenvalue weighted by Gasteiger charge is -2.36. The third-order valence-electron chi connectivity index (χ3n) is 6.11. The molecular weight excluding hydrogens is 386 g/mol. The van der Waals surface area contributed by atoms with Crippen molar-refractivity contribution >= 4 is 11.9 Å². The van der Waals surface area contributed by atoms with Gasteiger partial charge in [0, 0.05) is 45.1 Å². The van der Waals surface area contributed by atoms with Gasteiger partial charge in [0.1, 0.15) is 5.69 Å². The highest BCUT2D eigenvalue weighted by Crippen LogP contribution is 2.37. The van der Waals surface area contributed by atoms with E-state index < -0.39 is 0 Å². The molecule has 2 aliphatic rings. The van der Waals surface area contributed by atoms with Crippen LogP contribution in [-0.2, 0) is 35.9 Å². The number of hydrogen-bond donors (Lipinski definition) is 1. The van der Waals surface area contributed by atoms with Crippen LogP contribution in [0.5, 0.6) is 0 Å². The molecule has 0 aromatic carbocycles. The average molecular weight is 415 g/mol. The number of esters is 1. The van der Waals surface area contributed by atoms with Crippen LogP contribution < -0.4 is 5.32 Å². The van der Waals surface area contributed by atoms with Gasteiger partial charge in [-0.15, -0.1) is 0 Å². The van der Waals surface area contributed by atoms with E-state index in [-0.39, 0.29) is 17.3 Å². The van der Waals surface area contributed by atoms with Crippen molar-refractivity contribution < 1.29 is 19.1 Å². The number of ether oxygens (including phenoxy) is 2. The molecule has 1 fully saturated rings. The minimum absolute atomic E-state index is 0.0300. The Kier molecular flexibility index (Phi) is 5.90.